The number of aromatic amines is 1. The number of nitrogens with one attached hydrogen (secondary N) is 3. The molecule has 3 N–H and O–H groups in total. The average molecular weight is 279 g/mol. The third-order valence-corrected chi connectivity index (χ3v) is 3.60. The maximum Gasteiger partial charge on any atom is 0.223 e. The Kier molecular flexibility index (Phi) is 5.09. The lowest BCUT2D eigenvalue weighted by molar-refractivity contribution is -0.125. The van der Waals surface area contributed by atoms with E-state index in [0.29, 0.717) is 12.4 Å². The Labute approximate surface area is 117 Å². The first-order valence-electron chi connectivity index (χ1n) is 7.09. The van der Waals surface area contributed by atoms with Crippen LogP contribution in [0.1, 0.15) is 50.9 Å². The number of hydrogen-bond acceptors (Lipinski definition) is 4. The highest BCUT2D eigenvalue weighted by Crippen LogP contribution is 2.24. The van der Waals surface area contributed by atoms with E-state index in [1.807, 2.05) is 6.92 Å². The maximum atomic E-state index is 11.8. The largest absolute Gasteiger partial charge is 0.355 e. The number of amides is 2. The molecule has 1 aliphatic carbocycles. The molecule has 2 rings (SSSR count). The van der Waals surface area contributed by atoms with Crippen LogP contribution in [-0.2, 0) is 9.59 Å². The van der Waals surface area contributed by atoms with Gasteiger partial charge in [0.2, 0.25) is 11.8 Å². The van der Waals surface area contributed by atoms with Gasteiger partial charge in [-0.1, -0.05) is 12.8 Å². The van der Waals surface area contributed by atoms with Gasteiger partial charge in [0.05, 0.1) is 6.04 Å². The third kappa shape index (κ3) is 4.04. The van der Waals surface area contributed by atoms with Gasteiger partial charge < -0.3 is 10.6 Å². The molecule has 0 aromatic carbocycles. The van der Waals surface area contributed by atoms with Crippen molar-refractivity contribution in [3.8, 4) is 0 Å². The molecule has 1 fully saturated rings. The number of carbonyl (C=O) groups is 2. The van der Waals surface area contributed by atoms with E-state index in [1.165, 1.54) is 6.33 Å². The second-order valence-corrected chi connectivity index (χ2v) is 5.18. The molecule has 0 bridgehead atoms. The topological polar surface area (TPSA) is 99.8 Å². The second kappa shape index (κ2) is 7.02. The van der Waals surface area contributed by atoms with Gasteiger partial charge in [0, 0.05) is 18.9 Å². The summed E-state index contributed by atoms with van der Waals surface area (Å²) in [6.45, 7) is 2.21. The minimum Gasteiger partial charge on any atom is -0.355 e. The Bertz CT molecular complexity index is 440. The Morgan fingerprint density at radius 3 is 2.85 bits per heavy atom. The molecule has 110 valence electrons. The predicted octanol–water partition coefficient (Wildman–Crippen LogP) is 0.678. The van der Waals surface area contributed by atoms with Crippen LogP contribution >= 0.6 is 0 Å². The number of H-pyrrole nitrogens is 1. The minimum absolute atomic E-state index is 0.0820. The summed E-state index contributed by atoms with van der Waals surface area (Å²) in [7, 11) is 0. The van der Waals surface area contributed by atoms with Gasteiger partial charge in [0.25, 0.3) is 0 Å². The zero-order valence-electron chi connectivity index (χ0n) is 11.7. The SMILES string of the molecule is CC(NC(=O)CCNC(=O)C1CCCC1)c1ncn[nH]1. The van der Waals surface area contributed by atoms with Crippen LogP contribution in [0.15, 0.2) is 6.33 Å². The van der Waals surface area contributed by atoms with Crippen LogP contribution in [0.4, 0.5) is 0 Å². The lowest BCUT2D eigenvalue weighted by Crippen LogP contribution is -2.34. The first-order valence-corrected chi connectivity index (χ1v) is 7.09. The van der Waals surface area contributed by atoms with E-state index in [9.17, 15) is 9.59 Å². The van der Waals surface area contributed by atoms with E-state index >= 15 is 0 Å². The molecule has 1 saturated carbocycles. The molecule has 2 amide bonds. The van der Waals surface area contributed by atoms with E-state index in [-0.39, 0.29) is 30.2 Å². The van der Waals surface area contributed by atoms with Crippen LogP contribution < -0.4 is 10.6 Å². The standard InChI is InChI=1S/C13H21N5O2/c1-9(12-15-8-16-18-12)17-11(19)6-7-14-13(20)10-4-2-3-5-10/h8-10H,2-7H2,1H3,(H,14,20)(H,17,19)(H,15,16,18). The van der Waals surface area contributed by atoms with Crippen molar-refractivity contribution in [1.82, 2.24) is 25.8 Å². The average Bonchev–Trinajstić information content (AvgIpc) is 3.12. The van der Waals surface area contributed by atoms with E-state index in [0.717, 1.165) is 25.7 Å². The number of nitrogens with zero attached hydrogens (tertiary/aromatic N) is 2. The maximum absolute atomic E-state index is 11.8. The van der Waals surface area contributed by atoms with Gasteiger partial charge >= 0.3 is 0 Å². The molecule has 7 nitrogen and oxygen atoms in total. The van der Waals surface area contributed by atoms with Gasteiger partial charge in [-0.15, -0.1) is 0 Å². The summed E-state index contributed by atoms with van der Waals surface area (Å²) in [5, 5.41) is 12.1. The summed E-state index contributed by atoms with van der Waals surface area (Å²) in [6, 6.07) is -0.212. The molecule has 0 saturated heterocycles. The molecule has 1 unspecified atom stereocenters. The third-order valence-electron chi connectivity index (χ3n) is 3.60. The molecule has 1 aromatic rings. The lowest BCUT2D eigenvalue weighted by Gasteiger charge is -2.12. The van der Waals surface area contributed by atoms with E-state index in [2.05, 4.69) is 25.8 Å². The fraction of sp³-hybridized carbons (Fsp3) is 0.692. The van der Waals surface area contributed by atoms with E-state index in [4.69, 9.17) is 0 Å². The zero-order valence-corrected chi connectivity index (χ0v) is 11.7. The van der Waals surface area contributed by atoms with Crippen molar-refractivity contribution < 1.29 is 9.59 Å². The van der Waals surface area contributed by atoms with Gasteiger partial charge in [-0.25, -0.2) is 4.98 Å². The molecule has 1 atom stereocenters. The van der Waals surface area contributed by atoms with Gasteiger partial charge in [0.15, 0.2) is 0 Å². The van der Waals surface area contributed by atoms with Crippen molar-refractivity contribution in [2.45, 2.75) is 45.1 Å². The smallest absolute Gasteiger partial charge is 0.223 e. The fourth-order valence-electron chi connectivity index (χ4n) is 2.44. The summed E-state index contributed by atoms with van der Waals surface area (Å²) in [4.78, 5) is 27.5. The minimum atomic E-state index is -0.212. The highest BCUT2D eigenvalue weighted by Gasteiger charge is 2.22. The van der Waals surface area contributed by atoms with Crippen molar-refractivity contribution in [3.63, 3.8) is 0 Å². The second-order valence-electron chi connectivity index (χ2n) is 5.18. The van der Waals surface area contributed by atoms with Crippen LogP contribution in [0.5, 0.6) is 0 Å². The number of rotatable bonds is 6. The molecular weight excluding hydrogens is 258 g/mol. The predicted molar refractivity (Wildman–Crippen MR) is 72.5 cm³/mol. The summed E-state index contributed by atoms with van der Waals surface area (Å²) >= 11 is 0. The van der Waals surface area contributed by atoms with Crippen LogP contribution in [0.2, 0.25) is 0 Å². The highest BCUT2D eigenvalue weighted by atomic mass is 16.2. The molecular formula is C13H21N5O2. The normalized spacial score (nSPS) is 16.9. The Morgan fingerprint density at radius 2 is 2.20 bits per heavy atom. The molecule has 0 spiro atoms. The fourth-order valence-corrected chi connectivity index (χ4v) is 2.44. The van der Waals surface area contributed by atoms with Crippen molar-refractivity contribution in [1.29, 1.82) is 0 Å². The van der Waals surface area contributed by atoms with Gasteiger partial charge in [-0.2, -0.15) is 5.10 Å². The first kappa shape index (κ1) is 14.5. The first-order chi connectivity index (χ1) is 9.66. The molecule has 20 heavy (non-hydrogen) atoms. The van der Waals surface area contributed by atoms with Crippen molar-refractivity contribution >= 4 is 11.8 Å². The Balaban J connectivity index is 1.63. The van der Waals surface area contributed by atoms with Crippen LogP contribution in [0.25, 0.3) is 0 Å². The van der Waals surface area contributed by atoms with Gasteiger partial charge in [-0.05, 0) is 19.8 Å². The lowest BCUT2D eigenvalue weighted by atomic mass is 10.1. The van der Waals surface area contributed by atoms with E-state index < -0.39 is 0 Å². The van der Waals surface area contributed by atoms with Crippen LogP contribution in [-0.4, -0.2) is 33.5 Å². The number of hydrogen-bond donors (Lipinski definition) is 3. The zero-order chi connectivity index (χ0) is 14.4. The molecule has 1 aromatic heterocycles. The van der Waals surface area contributed by atoms with Crippen molar-refractivity contribution in [3.05, 3.63) is 12.2 Å². The van der Waals surface area contributed by atoms with Crippen LogP contribution in [0.3, 0.4) is 0 Å². The molecule has 1 heterocycles. The number of aromatic nitrogens is 3. The van der Waals surface area contributed by atoms with Gasteiger partial charge in [0.1, 0.15) is 12.2 Å². The van der Waals surface area contributed by atoms with E-state index in [1.54, 1.807) is 0 Å². The quantitative estimate of drug-likeness (QED) is 0.713. The molecule has 0 radical (unpaired) electrons. The summed E-state index contributed by atoms with van der Waals surface area (Å²) < 4.78 is 0. The van der Waals surface area contributed by atoms with Crippen molar-refractivity contribution in [2.24, 2.45) is 5.92 Å². The summed E-state index contributed by atoms with van der Waals surface area (Å²) in [5.41, 5.74) is 0. The Morgan fingerprint density at radius 1 is 1.45 bits per heavy atom. The summed E-state index contributed by atoms with van der Waals surface area (Å²) in [6.07, 6.45) is 5.89. The highest BCUT2D eigenvalue weighted by molar-refractivity contribution is 5.80. The molecule has 7 heteroatoms. The Hall–Kier alpha value is -1.92. The van der Waals surface area contributed by atoms with Crippen molar-refractivity contribution in [2.75, 3.05) is 6.54 Å². The molecule has 0 aliphatic heterocycles. The van der Waals surface area contributed by atoms with Gasteiger partial charge in [-0.3, -0.25) is 14.7 Å². The van der Waals surface area contributed by atoms with Crippen LogP contribution in [0, 0.1) is 5.92 Å². The molecule has 1 aliphatic rings. The monoisotopic (exact) mass is 279 g/mol. The number of carbonyl (C=O) groups excluding carboxylic acids is 2. The summed E-state index contributed by atoms with van der Waals surface area (Å²) in [5.74, 6) is 0.735.